The van der Waals surface area contributed by atoms with Crippen LogP contribution in [0, 0.1) is 25.5 Å². The normalized spacial score (nSPS) is 11.5. The third-order valence-corrected chi connectivity index (χ3v) is 5.51. The Hall–Kier alpha value is -3.60. The highest BCUT2D eigenvalue weighted by Crippen LogP contribution is 2.40. The molecule has 0 unspecified atom stereocenters. The molecule has 0 aliphatic rings. The Kier molecular flexibility index (Phi) is 4.13. The van der Waals surface area contributed by atoms with E-state index in [0.29, 0.717) is 16.9 Å². The number of benzene rings is 2. The van der Waals surface area contributed by atoms with Crippen LogP contribution in [-0.2, 0) is 7.05 Å². The number of rotatable bonds is 2. The van der Waals surface area contributed by atoms with Crippen molar-refractivity contribution < 1.29 is 17.8 Å². The highest BCUT2D eigenvalue weighted by Gasteiger charge is 2.26. The minimum Gasteiger partial charge on any atom is -0.437 e. The summed E-state index contributed by atoms with van der Waals surface area (Å²) >= 11 is 0. The SMILES string of the molecule is Cc1ccc2c(n1)oc1c(-c3c(-c4cccc(F)c4F)ccc[n+]3C)c(C)ccc12. The van der Waals surface area contributed by atoms with Crippen molar-refractivity contribution in [3.63, 3.8) is 0 Å². The fraction of sp³-hybridized carbons (Fsp3) is 0.120. The van der Waals surface area contributed by atoms with Crippen molar-refractivity contribution in [1.29, 1.82) is 0 Å². The fourth-order valence-corrected chi connectivity index (χ4v) is 4.06. The molecule has 0 amide bonds. The van der Waals surface area contributed by atoms with Crippen LogP contribution in [-0.4, -0.2) is 4.98 Å². The summed E-state index contributed by atoms with van der Waals surface area (Å²) in [6.45, 7) is 3.90. The summed E-state index contributed by atoms with van der Waals surface area (Å²) in [6.07, 6.45) is 1.89. The van der Waals surface area contributed by atoms with Crippen LogP contribution in [0.25, 0.3) is 44.5 Å². The van der Waals surface area contributed by atoms with Crippen LogP contribution in [0.1, 0.15) is 11.3 Å². The first-order chi connectivity index (χ1) is 14.5. The zero-order valence-corrected chi connectivity index (χ0v) is 16.8. The second-order valence-corrected chi connectivity index (χ2v) is 7.52. The van der Waals surface area contributed by atoms with E-state index >= 15 is 0 Å². The number of hydrogen-bond acceptors (Lipinski definition) is 2. The van der Waals surface area contributed by atoms with Gasteiger partial charge < -0.3 is 4.42 Å². The largest absolute Gasteiger partial charge is 0.437 e. The average Bonchev–Trinajstić information content (AvgIpc) is 3.08. The summed E-state index contributed by atoms with van der Waals surface area (Å²) in [4.78, 5) is 4.52. The van der Waals surface area contributed by atoms with Crippen LogP contribution >= 0.6 is 0 Å². The van der Waals surface area contributed by atoms with Crippen molar-refractivity contribution in [3.05, 3.63) is 83.7 Å². The first kappa shape index (κ1) is 18.4. The maximum absolute atomic E-state index is 14.7. The second-order valence-electron chi connectivity index (χ2n) is 7.52. The van der Waals surface area contributed by atoms with Gasteiger partial charge in [0.05, 0.1) is 11.1 Å². The van der Waals surface area contributed by atoms with Crippen LogP contribution in [0.5, 0.6) is 0 Å². The second kappa shape index (κ2) is 6.73. The van der Waals surface area contributed by atoms with Crippen molar-refractivity contribution in [2.75, 3.05) is 0 Å². The zero-order chi connectivity index (χ0) is 21.0. The topological polar surface area (TPSA) is 29.9 Å². The molecule has 3 nitrogen and oxygen atoms in total. The predicted octanol–water partition coefficient (Wildman–Crippen LogP) is 6.03. The van der Waals surface area contributed by atoms with Gasteiger partial charge in [-0.05, 0) is 43.7 Å². The Balaban J connectivity index is 1.91. The molecule has 0 spiro atoms. The van der Waals surface area contributed by atoms with Crippen LogP contribution in [0.3, 0.4) is 0 Å². The van der Waals surface area contributed by atoms with Gasteiger partial charge in [-0.25, -0.2) is 18.3 Å². The smallest absolute Gasteiger partial charge is 0.227 e. The molecule has 5 heteroatoms. The standard InChI is InChI=1S/C25H19F2N2O/c1-14-9-11-18-19-12-10-15(2)28-25(19)30-24(18)21(14)23-17(7-5-13-29(23)3)16-6-4-8-20(26)22(16)27/h4-13H,1-3H3/q+1. The molecule has 5 aromatic rings. The molecule has 0 fully saturated rings. The summed E-state index contributed by atoms with van der Waals surface area (Å²) in [7, 11) is 1.89. The van der Waals surface area contributed by atoms with Gasteiger partial charge in [-0.2, -0.15) is 0 Å². The van der Waals surface area contributed by atoms with Crippen molar-refractivity contribution in [1.82, 2.24) is 4.98 Å². The predicted molar refractivity (Wildman–Crippen MR) is 113 cm³/mol. The lowest BCUT2D eigenvalue weighted by Gasteiger charge is -2.11. The van der Waals surface area contributed by atoms with E-state index in [9.17, 15) is 8.78 Å². The Morgan fingerprint density at radius 2 is 1.63 bits per heavy atom. The van der Waals surface area contributed by atoms with Crippen molar-refractivity contribution in [2.24, 2.45) is 7.05 Å². The van der Waals surface area contributed by atoms with E-state index in [-0.39, 0.29) is 5.56 Å². The van der Waals surface area contributed by atoms with Crippen molar-refractivity contribution in [3.8, 4) is 22.4 Å². The molecule has 5 rings (SSSR count). The van der Waals surface area contributed by atoms with E-state index in [0.717, 1.165) is 39.4 Å². The molecule has 2 aromatic carbocycles. The molecule has 3 heterocycles. The minimum absolute atomic E-state index is 0.211. The lowest BCUT2D eigenvalue weighted by atomic mass is 9.94. The van der Waals surface area contributed by atoms with E-state index in [2.05, 4.69) is 4.98 Å². The van der Waals surface area contributed by atoms with Crippen LogP contribution in [0.2, 0.25) is 0 Å². The van der Waals surface area contributed by atoms with Gasteiger partial charge in [0.15, 0.2) is 23.4 Å². The van der Waals surface area contributed by atoms with E-state index in [4.69, 9.17) is 4.42 Å². The fourth-order valence-electron chi connectivity index (χ4n) is 4.06. The summed E-state index contributed by atoms with van der Waals surface area (Å²) < 4.78 is 36.8. The Labute approximate surface area is 172 Å². The molecule has 0 atom stereocenters. The molecule has 0 bridgehead atoms. The van der Waals surface area contributed by atoms with E-state index in [1.54, 1.807) is 12.1 Å². The highest BCUT2D eigenvalue weighted by molar-refractivity contribution is 6.09. The summed E-state index contributed by atoms with van der Waals surface area (Å²) in [5.41, 5.74) is 5.48. The summed E-state index contributed by atoms with van der Waals surface area (Å²) in [5, 5.41) is 1.86. The quantitative estimate of drug-likeness (QED) is 0.338. The number of fused-ring (bicyclic) bond motifs is 3. The van der Waals surface area contributed by atoms with Gasteiger partial charge >= 0.3 is 0 Å². The Morgan fingerprint density at radius 1 is 0.867 bits per heavy atom. The maximum Gasteiger partial charge on any atom is 0.227 e. The van der Waals surface area contributed by atoms with Crippen molar-refractivity contribution >= 4 is 22.1 Å². The number of furan rings is 1. The maximum atomic E-state index is 14.7. The number of halogens is 2. The van der Waals surface area contributed by atoms with Gasteiger partial charge in [0.2, 0.25) is 11.4 Å². The molecule has 0 aliphatic heterocycles. The van der Waals surface area contributed by atoms with Gasteiger partial charge in [0.25, 0.3) is 0 Å². The van der Waals surface area contributed by atoms with Gasteiger partial charge in [-0.3, -0.25) is 0 Å². The molecule has 0 N–H and O–H groups in total. The van der Waals surface area contributed by atoms with Gasteiger partial charge in [0.1, 0.15) is 7.05 Å². The minimum atomic E-state index is -0.872. The zero-order valence-electron chi connectivity index (χ0n) is 16.8. The van der Waals surface area contributed by atoms with Crippen LogP contribution in [0.15, 0.2) is 65.2 Å². The number of nitrogens with zero attached hydrogens (tertiary/aromatic N) is 2. The third-order valence-electron chi connectivity index (χ3n) is 5.51. The molecular formula is C25H19F2N2O+. The number of hydrogen-bond donors (Lipinski definition) is 0. The molecule has 0 saturated carbocycles. The molecule has 148 valence electrons. The van der Waals surface area contributed by atoms with Crippen LogP contribution < -0.4 is 4.57 Å². The van der Waals surface area contributed by atoms with Crippen LogP contribution in [0.4, 0.5) is 8.78 Å². The monoisotopic (exact) mass is 401 g/mol. The molecule has 30 heavy (non-hydrogen) atoms. The molecule has 3 aromatic heterocycles. The molecule has 0 radical (unpaired) electrons. The number of aromatic nitrogens is 2. The van der Waals surface area contributed by atoms with Gasteiger partial charge in [-0.15, -0.1) is 0 Å². The summed E-state index contributed by atoms with van der Waals surface area (Å²) in [6, 6.07) is 15.8. The van der Waals surface area contributed by atoms with Gasteiger partial charge in [0, 0.05) is 28.1 Å². The Morgan fingerprint density at radius 3 is 2.47 bits per heavy atom. The average molecular weight is 401 g/mol. The molecule has 0 saturated heterocycles. The summed E-state index contributed by atoms with van der Waals surface area (Å²) in [5.74, 6) is -1.74. The van der Waals surface area contributed by atoms with Crippen molar-refractivity contribution in [2.45, 2.75) is 13.8 Å². The molecule has 0 aliphatic carbocycles. The third kappa shape index (κ3) is 2.70. The molecular weight excluding hydrogens is 382 g/mol. The van der Waals surface area contributed by atoms with Gasteiger partial charge in [-0.1, -0.05) is 24.3 Å². The first-order valence-corrected chi connectivity index (χ1v) is 9.68. The first-order valence-electron chi connectivity index (χ1n) is 9.68. The van der Waals surface area contributed by atoms with E-state index < -0.39 is 11.6 Å². The number of pyridine rings is 2. The number of aryl methyl sites for hydroxylation is 3. The lowest BCUT2D eigenvalue weighted by molar-refractivity contribution is -0.659. The van der Waals surface area contributed by atoms with E-state index in [1.807, 2.05) is 62.0 Å². The lowest BCUT2D eigenvalue weighted by Crippen LogP contribution is -2.31. The van der Waals surface area contributed by atoms with E-state index in [1.165, 1.54) is 6.07 Å². The highest BCUT2D eigenvalue weighted by atomic mass is 19.2. The Bertz CT molecular complexity index is 1450.